The zero-order chi connectivity index (χ0) is 7.82. The van der Waals surface area contributed by atoms with Crippen LogP contribution >= 0.6 is 23.2 Å². The molecule has 0 unspecified atom stereocenters. The Morgan fingerprint density at radius 1 is 1.10 bits per heavy atom. The molecular weight excluding hydrogens is 163 g/mol. The van der Waals surface area contributed by atoms with Crippen LogP contribution in [0.25, 0.3) is 0 Å². The normalized spacial score (nSPS) is 9.90. The van der Waals surface area contributed by atoms with Crippen molar-refractivity contribution in [2.75, 3.05) is 18.1 Å². The molecule has 0 heterocycles. The standard InChI is InChI=1S/C6H15BOS2/c1-4-8-7(9-5-2)10-6-3/h4-6H2,1-3H3. The molecule has 0 amide bonds. The third kappa shape index (κ3) is 5.51. The molecule has 0 saturated heterocycles. The Hall–Kier alpha value is 0.725. The Morgan fingerprint density at radius 3 is 1.90 bits per heavy atom. The van der Waals surface area contributed by atoms with Crippen LogP contribution in [0.2, 0.25) is 0 Å². The van der Waals surface area contributed by atoms with Crippen LogP contribution in [0.1, 0.15) is 20.8 Å². The average Bonchev–Trinajstić information content (AvgIpc) is 1.90. The van der Waals surface area contributed by atoms with Crippen molar-refractivity contribution in [2.24, 2.45) is 0 Å². The molecule has 0 atom stereocenters. The summed E-state index contributed by atoms with van der Waals surface area (Å²) in [5.41, 5.74) is 0.361. The van der Waals surface area contributed by atoms with Crippen molar-refractivity contribution in [3.8, 4) is 0 Å². The van der Waals surface area contributed by atoms with E-state index in [9.17, 15) is 0 Å². The lowest BCUT2D eigenvalue weighted by atomic mass is 10.5. The van der Waals surface area contributed by atoms with Gasteiger partial charge < -0.3 is 4.65 Å². The summed E-state index contributed by atoms with van der Waals surface area (Å²) in [7, 11) is 0. The van der Waals surface area contributed by atoms with E-state index in [1.807, 2.05) is 30.1 Å². The minimum Gasteiger partial charge on any atom is -0.417 e. The van der Waals surface area contributed by atoms with E-state index in [1.165, 1.54) is 0 Å². The maximum Gasteiger partial charge on any atom is 0.432 e. The van der Waals surface area contributed by atoms with Crippen molar-refractivity contribution in [3.63, 3.8) is 0 Å². The lowest BCUT2D eigenvalue weighted by Crippen LogP contribution is -2.10. The highest BCUT2D eigenvalue weighted by atomic mass is 32.2. The quantitative estimate of drug-likeness (QED) is 0.578. The molecule has 1 nitrogen and oxygen atoms in total. The zero-order valence-corrected chi connectivity index (χ0v) is 8.56. The molecule has 0 rings (SSSR count). The van der Waals surface area contributed by atoms with Crippen molar-refractivity contribution >= 4 is 28.7 Å². The maximum absolute atomic E-state index is 5.45. The molecule has 0 fully saturated rings. The van der Waals surface area contributed by atoms with E-state index in [2.05, 4.69) is 13.8 Å². The van der Waals surface area contributed by atoms with Crippen molar-refractivity contribution < 1.29 is 4.65 Å². The summed E-state index contributed by atoms with van der Waals surface area (Å²) in [4.78, 5) is 0. The largest absolute Gasteiger partial charge is 0.432 e. The lowest BCUT2D eigenvalue weighted by molar-refractivity contribution is 0.368. The molecule has 0 N–H and O–H groups in total. The van der Waals surface area contributed by atoms with Crippen LogP contribution in [0.5, 0.6) is 0 Å². The predicted molar refractivity (Wildman–Crippen MR) is 53.6 cm³/mol. The van der Waals surface area contributed by atoms with Crippen LogP contribution < -0.4 is 0 Å². The summed E-state index contributed by atoms with van der Waals surface area (Å²) in [6.07, 6.45) is 0. The molecule has 4 heteroatoms. The topological polar surface area (TPSA) is 9.23 Å². The lowest BCUT2D eigenvalue weighted by Gasteiger charge is -2.08. The molecule has 10 heavy (non-hydrogen) atoms. The minimum atomic E-state index is 0.361. The molecule has 0 aliphatic carbocycles. The van der Waals surface area contributed by atoms with E-state index in [0.717, 1.165) is 18.1 Å². The molecule has 0 aromatic rings. The maximum atomic E-state index is 5.45. The van der Waals surface area contributed by atoms with Crippen LogP contribution in [0, 0.1) is 0 Å². The van der Waals surface area contributed by atoms with Gasteiger partial charge in [-0.1, -0.05) is 13.8 Å². The van der Waals surface area contributed by atoms with Crippen LogP contribution in [0.15, 0.2) is 0 Å². The van der Waals surface area contributed by atoms with Crippen LogP contribution in [0.3, 0.4) is 0 Å². The van der Waals surface area contributed by atoms with Gasteiger partial charge in [0.25, 0.3) is 0 Å². The molecule has 0 aromatic carbocycles. The van der Waals surface area contributed by atoms with Gasteiger partial charge in [-0.3, -0.25) is 0 Å². The van der Waals surface area contributed by atoms with Crippen molar-refractivity contribution in [2.45, 2.75) is 20.8 Å². The predicted octanol–water partition coefficient (Wildman–Crippen LogP) is 2.51. The van der Waals surface area contributed by atoms with E-state index in [0.29, 0.717) is 5.47 Å². The Balaban J connectivity index is 3.30. The van der Waals surface area contributed by atoms with Gasteiger partial charge in [0.1, 0.15) is 0 Å². The molecule has 0 radical (unpaired) electrons. The highest BCUT2D eigenvalue weighted by molar-refractivity contribution is 8.53. The van der Waals surface area contributed by atoms with Gasteiger partial charge >= 0.3 is 5.47 Å². The van der Waals surface area contributed by atoms with E-state index >= 15 is 0 Å². The molecule has 0 aliphatic rings. The van der Waals surface area contributed by atoms with E-state index in [-0.39, 0.29) is 0 Å². The molecule has 0 saturated carbocycles. The number of rotatable bonds is 6. The number of hydrogen-bond acceptors (Lipinski definition) is 3. The first-order chi connectivity index (χ1) is 4.85. The van der Waals surface area contributed by atoms with Crippen LogP contribution in [-0.2, 0) is 4.65 Å². The second-order valence-electron chi connectivity index (χ2n) is 1.65. The number of hydrogen-bond donors (Lipinski definition) is 0. The van der Waals surface area contributed by atoms with E-state index < -0.39 is 0 Å². The summed E-state index contributed by atoms with van der Waals surface area (Å²) in [6, 6.07) is 0. The SMILES string of the molecule is CCOB(SCC)SCC. The Morgan fingerprint density at radius 2 is 1.60 bits per heavy atom. The summed E-state index contributed by atoms with van der Waals surface area (Å²) in [5, 5.41) is 0. The highest BCUT2D eigenvalue weighted by Gasteiger charge is 2.13. The van der Waals surface area contributed by atoms with Gasteiger partial charge in [-0.25, -0.2) is 0 Å². The summed E-state index contributed by atoms with van der Waals surface area (Å²) >= 11 is 3.73. The van der Waals surface area contributed by atoms with Crippen molar-refractivity contribution in [1.29, 1.82) is 0 Å². The monoisotopic (exact) mass is 178 g/mol. The highest BCUT2D eigenvalue weighted by Crippen LogP contribution is 2.19. The second-order valence-corrected chi connectivity index (χ2v) is 4.63. The van der Waals surface area contributed by atoms with Gasteiger partial charge in [-0.05, 0) is 18.4 Å². The molecule has 60 valence electrons. The van der Waals surface area contributed by atoms with Gasteiger partial charge in [0, 0.05) is 6.61 Å². The molecular formula is C6H15BOS2. The van der Waals surface area contributed by atoms with E-state index in [1.54, 1.807) is 0 Å². The first kappa shape index (κ1) is 10.7. The smallest absolute Gasteiger partial charge is 0.417 e. The first-order valence-electron chi connectivity index (χ1n) is 3.69. The van der Waals surface area contributed by atoms with Crippen LogP contribution in [-0.4, -0.2) is 23.6 Å². The zero-order valence-electron chi connectivity index (χ0n) is 6.92. The van der Waals surface area contributed by atoms with Crippen molar-refractivity contribution in [1.82, 2.24) is 0 Å². The first-order valence-corrected chi connectivity index (χ1v) is 5.79. The van der Waals surface area contributed by atoms with Crippen molar-refractivity contribution in [3.05, 3.63) is 0 Å². The van der Waals surface area contributed by atoms with E-state index in [4.69, 9.17) is 4.65 Å². The summed E-state index contributed by atoms with van der Waals surface area (Å²) < 4.78 is 5.45. The molecule has 0 spiro atoms. The Kier molecular flexibility index (Phi) is 8.40. The van der Waals surface area contributed by atoms with Crippen LogP contribution in [0.4, 0.5) is 0 Å². The van der Waals surface area contributed by atoms with Gasteiger partial charge in [0.05, 0.1) is 0 Å². The Bertz CT molecular complexity index is 58.5. The fraction of sp³-hybridized carbons (Fsp3) is 1.00. The average molecular weight is 178 g/mol. The van der Waals surface area contributed by atoms with Gasteiger partial charge in [0.2, 0.25) is 0 Å². The van der Waals surface area contributed by atoms with Gasteiger partial charge in [-0.15, -0.1) is 0 Å². The van der Waals surface area contributed by atoms with Gasteiger partial charge in [0.15, 0.2) is 0 Å². The fourth-order valence-corrected chi connectivity index (χ4v) is 2.76. The molecule has 0 aromatic heterocycles. The fourth-order valence-electron chi connectivity index (χ4n) is 0.553. The summed E-state index contributed by atoms with van der Waals surface area (Å²) in [5.74, 6) is 2.27. The third-order valence-electron chi connectivity index (χ3n) is 0.908. The third-order valence-corrected chi connectivity index (χ3v) is 3.21. The van der Waals surface area contributed by atoms with Gasteiger partial charge in [-0.2, -0.15) is 23.2 Å². The Labute approximate surface area is 72.6 Å². The minimum absolute atomic E-state index is 0.361. The molecule has 0 bridgehead atoms. The molecule has 0 aliphatic heterocycles. The summed E-state index contributed by atoms with van der Waals surface area (Å²) in [6.45, 7) is 7.18. The second kappa shape index (κ2) is 7.83.